The molecule has 132 valence electrons. The fourth-order valence-corrected chi connectivity index (χ4v) is 1.69. The van der Waals surface area contributed by atoms with Crippen molar-refractivity contribution in [2.24, 2.45) is 5.73 Å². The Labute approximate surface area is 139 Å². The molecule has 1 aromatic carbocycles. The Morgan fingerprint density at radius 3 is 2.29 bits per heavy atom. The van der Waals surface area contributed by atoms with Crippen molar-refractivity contribution in [1.82, 2.24) is 5.32 Å². The maximum Gasteiger partial charge on any atom is 0.408 e. The summed E-state index contributed by atoms with van der Waals surface area (Å²) in [5.74, 6) is -2.40. The van der Waals surface area contributed by atoms with E-state index < -0.39 is 35.7 Å². The van der Waals surface area contributed by atoms with Gasteiger partial charge < -0.3 is 25.6 Å². The maximum absolute atomic E-state index is 12.1. The van der Waals surface area contributed by atoms with Gasteiger partial charge in [-0.25, -0.2) is 9.59 Å². The Kier molecular flexibility index (Phi) is 6.72. The van der Waals surface area contributed by atoms with Gasteiger partial charge in [0.05, 0.1) is 0 Å². The molecule has 0 aliphatic rings. The van der Waals surface area contributed by atoms with Crippen molar-refractivity contribution in [3.05, 3.63) is 35.9 Å². The van der Waals surface area contributed by atoms with Crippen LogP contribution in [0.5, 0.6) is 0 Å². The second kappa shape index (κ2) is 8.30. The largest absolute Gasteiger partial charge is 0.480 e. The Hall–Kier alpha value is -2.61. The third-order valence-electron chi connectivity index (χ3n) is 2.79. The number of carbonyl (C=O) groups is 3. The summed E-state index contributed by atoms with van der Waals surface area (Å²) in [6, 6.07) is 5.65. The molecule has 8 heteroatoms. The molecule has 0 heterocycles. The Bertz CT molecular complexity index is 582. The van der Waals surface area contributed by atoms with E-state index in [9.17, 15) is 14.4 Å². The lowest BCUT2D eigenvalue weighted by molar-refractivity contribution is -0.160. The van der Waals surface area contributed by atoms with Gasteiger partial charge in [0.1, 0.15) is 18.2 Å². The van der Waals surface area contributed by atoms with Crippen LogP contribution >= 0.6 is 0 Å². The van der Waals surface area contributed by atoms with Gasteiger partial charge in [0.2, 0.25) is 0 Å². The van der Waals surface area contributed by atoms with Gasteiger partial charge in [0, 0.05) is 0 Å². The number of esters is 1. The van der Waals surface area contributed by atoms with Crippen LogP contribution in [0, 0.1) is 0 Å². The minimum Gasteiger partial charge on any atom is -0.480 e. The number of carboxylic acids is 1. The number of benzene rings is 1. The highest BCUT2D eigenvalue weighted by atomic mass is 16.6. The molecule has 0 saturated heterocycles. The van der Waals surface area contributed by atoms with Crippen molar-refractivity contribution in [1.29, 1.82) is 0 Å². The molecule has 0 aliphatic heterocycles. The molecule has 4 N–H and O–H groups in total. The molecule has 0 saturated carbocycles. The second-order valence-electron chi connectivity index (χ2n) is 6.08. The average molecular weight is 338 g/mol. The van der Waals surface area contributed by atoms with Gasteiger partial charge in [-0.15, -0.1) is 0 Å². The van der Waals surface area contributed by atoms with Gasteiger partial charge in [-0.05, 0) is 26.3 Å². The number of amides is 1. The van der Waals surface area contributed by atoms with Gasteiger partial charge in [-0.2, -0.15) is 0 Å². The van der Waals surface area contributed by atoms with Gasteiger partial charge >= 0.3 is 18.0 Å². The van der Waals surface area contributed by atoms with Crippen molar-refractivity contribution in [3.63, 3.8) is 0 Å². The van der Waals surface area contributed by atoms with Crippen molar-refractivity contribution >= 4 is 18.0 Å². The molecule has 0 spiro atoms. The fraction of sp³-hybridized carbons (Fsp3) is 0.438. The zero-order chi connectivity index (χ0) is 18.3. The van der Waals surface area contributed by atoms with Crippen LogP contribution in [0.1, 0.15) is 26.3 Å². The Morgan fingerprint density at radius 1 is 1.21 bits per heavy atom. The number of alkyl carbamates (subject to hydrolysis) is 1. The van der Waals surface area contributed by atoms with E-state index in [2.05, 4.69) is 5.32 Å². The van der Waals surface area contributed by atoms with E-state index in [1.54, 1.807) is 45.0 Å². The van der Waals surface area contributed by atoms with Crippen LogP contribution in [-0.2, 0) is 25.7 Å². The topological polar surface area (TPSA) is 128 Å². The summed E-state index contributed by atoms with van der Waals surface area (Å²) in [7, 11) is 0. The number of carbonyl (C=O) groups excluding carboxylic acids is 2. The molecule has 8 nitrogen and oxygen atoms in total. The first kappa shape index (κ1) is 19.4. The molecule has 0 unspecified atom stereocenters. The van der Waals surface area contributed by atoms with Crippen LogP contribution in [0.25, 0.3) is 0 Å². The quantitative estimate of drug-likeness (QED) is 0.661. The van der Waals surface area contributed by atoms with Crippen LogP contribution in [0.15, 0.2) is 30.3 Å². The van der Waals surface area contributed by atoms with Crippen molar-refractivity contribution in [2.75, 3.05) is 0 Å². The molecule has 0 bridgehead atoms. The monoisotopic (exact) mass is 338 g/mol. The van der Waals surface area contributed by atoms with Crippen LogP contribution in [0.4, 0.5) is 4.79 Å². The summed E-state index contributed by atoms with van der Waals surface area (Å²) < 4.78 is 10.0. The van der Waals surface area contributed by atoms with Crippen LogP contribution in [0.3, 0.4) is 0 Å². The number of rotatable bonds is 6. The SMILES string of the molecule is CC(C)(C)OC(=O)[C@H](NC(=O)OCc1ccccc1)[C@H](N)C(=O)O. The third-order valence-corrected chi connectivity index (χ3v) is 2.79. The predicted molar refractivity (Wildman–Crippen MR) is 85.0 cm³/mol. The minimum absolute atomic E-state index is 0.0317. The highest BCUT2D eigenvalue weighted by molar-refractivity contribution is 5.89. The van der Waals surface area contributed by atoms with Gasteiger partial charge in [0.25, 0.3) is 0 Å². The normalized spacial score (nSPS) is 13.5. The fourth-order valence-electron chi connectivity index (χ4n) is 1.69. The maximum atomic E-state index is 12.1. The average Bonchev–Trinajstić information content (AvgIpc) is 2.49. The van der Waals surface area contributed by atoms with Gasteiger partial charge in [-0.3, -0.25) is 4.79 Å². The first-order valence-electron chi connectivity index (χ1n) is 7.28. The predicted octanol–water partition coefficient (Wildman–Crippen LogP) is 1.03. The molecule has 0 fully saturated rings. The summed E-state index contributed by atoms with van der Waals surface area (Å²) in [6.45, 7) is 4.81. The van der Waals surface area contributed by atoms with Crippen LogP contribution in [-0.4, -0.2) is 40.8 Å². The van der Waals surface area contributed by atoms with E-state index in [1.165, 1.54) is 0 Å². The van der Waals surface area contributed by atoms with E-state index in [1.807, 2.05) is 6.07 Å². The minimum atomic E-state index is -1.66. The smallest absolute Gasteiger partial charge is 0.408 e. The number of hydrogen-bond acceptors (Lipinski definition) is 6. The standard InChI is InChI=1S/C16H22N2O6/c1-16(2,3)24-14(21)12(11(17)13(19)20)18-15(22)23-9-10-7-5-4-6-8-10/h4-8,11-12H,9,17H2,1-3H3,(H,18,22)(H,19,20)/t11-,12+/m0/s1. The zero-order valence-corrected chi connectivity index (χ0v) is 13.8. The third kappa shape index (κ3) is 6.66. The molecule has 0 radical (unpaired) electrons. The van der Waals surface area contributed by atoms with E-state index in [4.69, 9.17) is 20.3 Å². The molecule has 1 rings (SSSR count). The summed E-state index contributed by atoms with van der Waals surface area (Å²) in [5, 5.41) is 11.1. The lowest BCUT2D eigenvalue weighted by Gasteiger charge is -2.26. The number of nitrogens with two attached hydrogens (primary N) is 1. The number of carboxylic acid groups (broad SMARTS) is 1. The summed E-state index contributed by atoms with van der Waals surface area (Å²) >= 11 is 0. The number of aliphatic carboxylic acids is 1. The zero-order valence-electron chi connectivity index (χ0n) is 13.8. The lowest BCUT2D eigenvalue weighted by Crippen LogP contribution is -2.57. The molecule has 1 aromatic rings. The van der Waals surface area contributed by atoms with E-state index in [0.717, 1.165) is 5.56 Å². The molecule has 24 heavy (non-hydrogen) atoms. The van der Waals surface area contributed by atoms with Gasteiger partial charge in [-0.1, -0.05) is 30.3 Å². The molecular weight excluding hydrogens is 316 g/mol. The highest BCUT2D eigenvalue weighted by Crippen LogP contribution is 2.10. The first-order chi connectivity index (χ1) is 11.1. The Balaban J connectivity index is 2.71. The van der Waals surface area contributed by atoms with E-state index >= 15 is 0 Å². The van der Waals surface area contributed by atoms with E-state index in [0.29, 0.717) is 0 Å². The molecule has 0 aromatic heterocycles. The number of nitrogens with one attached hydrogen (secondary N) is 1. The van der Waals surface area contributed by atoms with Crippen LogP contribution < -0.4 is 11.1 Å². The van der Waals surface area contributed by atoms with Crippen molar-refractivity contribution in [2.45, 2.75) is 45.1 Å². The molecule has 2 atom stereocenters. The molecule has 0 aliphatic carbocycles. The summed E-state index contributed by atoms with van der Waals surface area (Å²) in [6.07, 6.45) is -0.966. The number of ether oxygens (including phenoxy) is 2. The van der Waals surface area contributed by atoms with Crippen molar-refractivity contribution in [3.8, 4) is 0 Å². The summed E-state index contributed by atoms with van der Waals surface area (Å²) in [5.41, 5.74) is 5.35. The number of hydrogen-bond donors (Lipinski definition) is 3. The Morgan fingerprint density at radius 2 is 1.79 bits per heavy atom. The molecule has 1 amide bonds. The summed E-state index contributed by atoms with van der Waals surface area (Å²) in [4.78, 5) is 35.0. The lowest BCUT2D eigenvalue weighted by atomic mass is 10.1. The van der Waals surface area contributed by atoms with Gasteiger partial charge in [0.15, 0.2) is 6.04 Å². The van der Waals surface area contributed by atoms with Crippen molar-refractivity contribution < 1.29 is 29.0 Å². The molecular formula is C16H22N2O6. The first-order valence-corrected chi connectivity index (χ1v) is 7.28. The van der Waals surface area contributed by atoms with Crippen LogP contribution in [0.2, 0.25) is 0 Å². The second-order valence-corrected chi connectivity index (χ2v) is 6.08. The van der Waals surface area contributed by atoms with E-state index in [-0.39, 0.29) is 6.61 Å². The highest BCUT2D eigenvalue weighted by Gasteiger charge is 2.36.